The summed E-state index contributed by atoms with van der Waals surface area (Å²) in [7, 11) is 1.61. The number of carbonyl (C=O) groups is 2. The Morgan fingerprint density at radius 3 is 2.58 bits per heavy atom. The molecule has 0 radical (unpaired) electrons. The number of amides is 2. The molecule has 2 amide bonds. The molecule has 6 heteroatoms. The van der Waals surface area contributed by atoms with Gasteiger partial charge in [-0.2, -0.15) is 0 Å². The number of aromatic nitrogens is 1. The van der Waals surface area contributed by atoms with Crippen LogP contribution in [0.15, 0.2) is 16.6 Å². The molecule has 0 unspecified atom stereocenters. The SMILES string of the molecule is COc1c(Br)ccc2[nH]c3c4c(c5c(c3c12)C(=O)NC5=O)CCC4. The summed E-state index contributed by atoms with van der Waals surface area (Å²) in [6.45, 7) is 0. The molecule has 2 N–H and O–H groups in total. The second-order valence-electron chi connectivity index (χ2n) is 6.22. The lowest BCUT2D eigenvalue weighted by Crippen LogP contribution is -2.20. The second-order valence-corrected chi connectivity index (χ2v) is 7.08. The molecule has 0 saturated heterocycles. The number of fused-ring (bicyclic) bond motifs is 8. The third kappa shape index (κ3) is 1.54. The highest BCUT2D eigenvalue weighted by atomic mass is 79.9. The first-order valence-electron chi connectivity index (χ1n) is 7.83. The molecule has 2 aromatic carbocycles. The topological polar surface area (TPSA) is 71.2 Å². The van der Waals surface area contributed by atoms with Crippen LogP contribution in [0.3, 0.4) is 0 Å². The normalized spacial score (nSPS) is 15.9. The van der Waals surface area contributed by atoms with E-state index in [1.807, 2.05) is 12.1 Å². The van der Waals surface area contributed by atoms with Crippen LogP contribution in [0, 0.1) is 0 Å². The van der Waals surface area contributed by atoms with Crippen molar-refractivity contribution in [3.8, 4) is 5.75 Å². The van der Waals surface area contributed by atoms with Crippen LogP contribution in [0.25, 0.3) is 21.8 Å². The Hall–Kier alpha value is -2.34. The van der Waals surface area contributed by atoms with E-state index in [9.17, 15) is 9.59 Å². The summed E-state index contributed by atoms with van der Waals surface area (Å²) in [5, 5.41) is 4.11. The van der Waals surface area contributed by atoms with E-state index in [4.69, 9.17) is 4.74 Å². The fraction of sp³-hybridized carbons (Fsp3) is 0.222. The van der Waals surface area contributed by atoms with Gasteiger partial charge in [0.2, 0.25) is 0 Å². The predicted octanol–water partition coefficient (Wildman–Crippen LogP) is 3.46. The molecule has 0 bridgehead atoms. The van der Waals surface area contributed by atoms with Gasteiger partial charge in [-0.1, -0.05) is 0 Å². The molecule has 0 spiro atoms. The van der Waals surface area contributed by atoms with E-state index >= 15 is 0 Å². The van der Waals surface area contributed by atoms with Crippen LogP contribution in [-0.2, 0) is 12.8 Å². The minimum absolute atomic E-state index is 0.279. The van der Waals surface area contributed by atoms with Crippen LogP contribution in [0.5, 0.6) is 5.75 Å². The summed E-state index contributed by atoms with van der Waals surface area (Å²) >= 11 is 3.51. The van der Waals surface area contributed by atoms with Crippen molar-refractivity contribution in [1.29, 1.82) is 0 Å². The zero-order valence-corrected chi connectivity index (χ0v) is 14.5. The first-order chi connectivity index (χ1) is 11.6. The van der Waals surface area contributed by atoms with Gasteiger partial charge in [0.05, 0.1) is 39.1 Å². The van der Waals surface area contributed by atoms with Crippen molar-refractivity contribution in [2.45, 2.75) is 19.3 Å². The number of rotatable bonds is 1. The van der Waals surface area contributed by atoms with Crippen LogP contribution in [0.2, 0.25) is 0 Å². The maximum Gasteiger partial charge on any atom is 0.259 e. The van der Waals surface area contributed by atoms with Crippen molar-refractivity contribution in [3.05, 3.63) is 38.9 Å². The smallest absolute Gasteiger partial charge is 0.259 e. The molecule has 0 saturated carbocycles. The molecule has 1 aliphatic carbocycles. The van der Waals surface area contributed by atoms with Crippen molar-refractivity contribution >= 4 is 49.6 Å². The lowest BCUT2D eigenvalue weighted by atomic mass is 9.93. The number of nitrogens with one attached hydrogen (secondary N) is 2. The number of halogens is 1. The van der Waals surface area contributed by atoms with E-state index in [1.165, 1.54) is 0 Å². The summed E-state index contributed by atoms with van der Waals surface area (Å²) in [6.07, 6.45) is 2.75. The summed E-state index contributed by atoms with van der Waals surface area (Å²) in [5.41, 5.74) is 5.08. The van der Waals surface area contributed by atoms with Crippen LogP contribution < -0.4 is 10.1 Å². The average molecular weight is 385 g/mol. The maximum atomic E-state index is 12.5. The van der Waals surface area contributed by atoms with E-state index in [0.717, 1.165) is 56.7 Å². The predicted molar refractivity (Wildman–Crippen MR) is 93.9 cm³/mol. The Labute approximate surface area is 145 Å². The number of methoxy groups -OCH3 is 1. The van der Waals surface area contributed by atoms with Crippen molar-refractivity contribution in [2.24, 2.45) is 0 Å². The molecular formula is C18H13BrN2O3. The third-order valence-electron chi connectivity index (χ3n) is 5.08. The molecule has 5 nitrogen and oxygen atoms in total. The van der Waals surface area contributed by atoms with Gasteiger partial charge >= 0.3 is 0 Å². The molecule has 0 fully saturated rings. The van der Waals surface area contributed by atoms with Crippen molar-refractivity contribution in [1.82, 2.24) is 10.3 Å². The van der Waals surface area contributed by atoms with E-state index in [-0.39, 0.29) is 11.8 Å². The Morgan fingerprint density at radius 2 is 1.79 bits per heavy atom. The minimum Gasteiger partial charge on any atom is -0.495 e. The minimum atomic E-state index is -0.322. The summed E-state index contributed by atoms with van der Waals surface area (Å²) < 4.78 is 6.40. The fourth-order valence-corrected chi connectivity index (χ4v) is 4.68. The van der Waals surface area contributed by atoms with Gasteiger partial charge in [0.1, 0.15) is 5.75 Å². The highest BCUT2D eigenvalue weighted by Gasteiger charge is 2.37. The zero-order chi connectivity index (χ0) is 16.6. The number of benzene rings is 2. The van der Waals surface area contributed by atoms with E-state index in [0.29, 0.717) is 16.9 Å². The lowest BCUT2D eigenvalue weighted by Gasteiger charge is -2.09. The van der Waals surface area contributed by atoms with Crippen molar-refractivity contribution in [3.63, 3.8) is 0 Å². The molecule has 1 aliphatic heterocycles. The lowest BCUT2D eigenvalue weighted by molar-refractivity contribution is 0.0880. The zero-order valence-electron chi connectivity index (χ0n) is 12.9. The molecule has 2 aliphatic rings. The van der Waals surface area contributed by atoms with Gasteiger partial charge in [0.15, 0.2) is 0 Å². The van der Waals surface area contributed by atoms with Gasteiger partial charge < -0.3 is 9.72 Å². The summed E-state index contributed by atoms with van der Waals surface area (Å²) in [5.74, 6) is 0.0713. The molecular weight excluding hydrogens is 372 g/mol. The molecule has 2 heterocycles. The Balaban J connectivity index is 2.10. The molecule has 0 atom stereocenters. The number of hydrogen-bond donors (Lipinski definition) is 2. The van der Waals surface area contributed by atoms with Crippen molar-refractivity contribution < 1.29 is 14.3 Å². The van der Waals surface area contributed by atoms with Crippen molar-refractivity contribution in [2.75, 3.05) is 7.11 Å². The summed E-state index contributed by atoms with van der Waals surface area (Å²) in [4.78, 5) is 28.3. The second kappa shape index (κ2) is 4.60. The van der Waals surface area contributed by atoms with Crippen LogP contribution in [-0.4, -0.2) is 23.9 Å². The number of ether oxygens (including phenoxy) is 1. The first kappa shape index (κ1) is 14.0. The molecule has 120 valence electrons. The standard InChI is InChI=1S/C18H13BrN2O3/c1-24-16-9(19)5-6-10-12(16)13-14-11(17(22)21-18(14)23)7-3-2-4-8(7)15(13)20-10/h5-6,20H,2-4H2,1H3,(H,21,22,23). The van der Waals surface area contributed by atoms with E-state index in [2.05, 4.69) is 26.2 Å². The highest BCUT2D eigenvalue weighted by molar-refractivity contribution is 9.10. The first-order valence-corrected chi connectivity index (χ1v) is 8.62. The van der Waals surface area contributed by atoms with E-state index in [1.54, 1.807) is 7.11 Å². The molecule has 3 aromatic rings. The fourth-order valence-electron chi connectivity index (χ4n) is 4.18. The van der Waals surface area contributed by atoms with Crippen LogP contribution in [0.1, 0.15) is 38.3 Å². The third-order valence-corrected chi connectivity index (χ3v) is 5.70. The van der Waals surface area contributed by atoms with Crippen LogP contribution >= 0.6 is 15.9 Å². The van der Waals surface area contributed by atoms with Gasteiger partial charge in [0.25, 0.3) is 11.8 Å². The van der Waals surface area contributed by atoms with Gasteiger partial charge in [-0.3, -0.25) is 14.9 Å². The van der Waals surface area contributed by atoms with Gasteiger partial charge in [0, 0.05) is 5.39 Å². The average Bonchev–Trinajstić information content (AvgIpc) is 3.22. The number of imide groups is 1. The van der Waals surface area contributed by atoms with Gasteiger partial charge in [-0.05, 0) is 58.5 Å². The number of carbonyl (C=O) groups excluding carboxylic acids is 2. The summed E-state index contributed by atoms with van der Waals surface area (Å²) in [6, 6.07) is 3.88. The number of H-pyrrole nitrogens is 1. The van der Waals surface area contributed by atoms with E-state index < -0.39 is 0 Å². The monoisotopic (exact) mass is 384 g/mol. The highest BCUT2D eigenvalue weighted by Crippen LogP contribution is 2.45. The van der Waals surface area contributed by atoms with Gasteiger partial charge in [-0.15, -0.1) is 0 Å². The van der Waals surface area contributed by atoms with Gasteiger partial charge in [-0.25, -0.2) is 0 Å². The number of aryl methyl sites for hydroxylation is 1. The molecule has 24 heavy (non-hydrogen) atoms. The number of aromatic amines is 1. The Kier molecular flexibility index (Phi) is 2.69. The Bertz CT molecular complexity index is 1100. The maximum absolute atomic E-state index is 12.5. The Morgan fingerprint density at radius 1 is 1.04 bits per heavy atom. The quantitative estimate of drug-likeness (QED) is 0.631. The molecule has 5 rings (SSSR count). The largest absolute Gasteiger partial charge is 0.495 e. The number of hydrogen-bond acceptors (Lipinski definition) is 3. The molecule has 1 aromatic heterocycles. The van der Waals surface area contributed by atoms with Crippen LogP contribution in [0.4, 0.5) is 0 Å².